The van der Waals surface area contributed by atoms with Crippen molar-refractivity contribution in [3.05, 3.63) is 0 Å². The van der Waals surface area contributed by atoms with Crippen LogP contribution in [0.1, 0.15) is 41.5 Å². The summed E-state index contributed by atoms with van der Waals surface area (Å²) in [7, 11) is 0. The van der Waals surface area contributed by atoms with Crippen LogP contribution in [0.4, 0.5) is 9.59 Å². The van der Waals surface area contributed by atoms with Gasteiger partial charge in [-0.25, -0.2) is 29.2 Å². The summed E-state index contributed by atoms with van der Waals surface area (Å²) in [5, 5.41) is 0. The average molecular weight is 352 g/mol. The molecule has 2 bridgehead atoms. The first kappa shape index (κ1) is 18.6. The van der Waals surface area contributed by atoms with Crippen LogP contribution in [0.15, 0.2) is 0 Å². The SMILES string of the molecule is CC(=O)N1C(=O)N(C(C)=O)C2N(C(C)=O)C(=O)N(C(C)=O)C1C2(C)C. The fraction of sp³-hybridized carbons (Fsp3) is 0.600. The average Bonchev–Trinajstić information content (AvgIpc) is 2.41. The van der Waals surface area contributed by atoms with Crippen molar-refractivity contribution >= 4 is 35.7 Å². The predicted molar refractivity (Wildman–Crippen MR) is 82.2 cm³/mol. The largest absolute Gasteiger partial charge is 0.336 e. The Morgan fingerprint density at radius 2 is 0.840 bits per heavy atom. The lowest BCUT2D eigenvalue weighted by Crippen LogP contribution is -2.83. The van der Waals surface area contributed by atoms with Gasteiger partial charge in [0.15, 0.2) is 0 Å². The molecule has 0 aromatic rings. The van der Waals surface area contributed by atoms with Crippen molar-refractivity contribution in [2.75, 3.05) is 0 Å². The van der Waals surface area contributed by atoms with E-state index in [0.717, 1.165) is 27.7 Å². The van der Waals surface area contributed by atoms with Gasteiger partial charge in [0.2, 0.25) is 23.6 Å². The van der Waals surface area contributed by atoms with Crippen LogP contribution in [0, 0.1) is 5.41 Å². The first-order chi connectivity index (χ1) is 11.4. The Morgan fingerprint density at radius 3 is 1.00 bits per heavy atom. The lowest BCUT2D eigenvalue weighted by molar-refractivity contribution is -0.180. The van der Waals surface area contributed by atoms with Crippen LogP contribution in [0.3, 0.4) is 0 Å². The van der Waals surface area contributed by atoms with Gasteiger partial charge in [0.05, 0.1) is 0 Å². The summed E-state index contributed by atoms with van der Waals surface area (Å²) >= 11 is 0. The summed E-state index contributed by atoms with van der Waals surface area (Å²) in [6, 6.07) is -1.95. The number of fused-ring (bicyclic) bond motifs is 2. The number of hydrogen-bond donors (Lipinski definition) is 0. The van der Waals surface area contributed by atoms with Gasteiger partial charge in [0.1, 0.15) is 12.3 Å². The zero-order valence-electron chi connectivity index (χ0n) is 14.9. The second kappa shape index (κ2) is 5.64. The third-order valence-corrected chi connectivity index (χ3v) is 4.49. The van der Waals surface area contributed by atoms with Gasteiger partial charge in [-0.15, -0.1) is 0 Å². The molecule has 2 aliphatic heterocycles. The lowest BCUT2D eigenvalue weighted by Gasteiger charge is -2.61. The molecule has 0 saturated carbocycles. The number of carbonyl (C=O) groups excluding carboxylic acids is 6. The highest BCUT2D eigenvalue weighted by Gasteiger charge is 2.65. The Labute approximate surface area is 144 Å². The van der Waals surface area contributed by atoms with Crippen molar-refractivity contribution in [2.45, 2.75) is 53.9 Å². The zero-order chi connectivity index (χ0) is 19.4. The maximum absolute atomic E-state index is 12.8. The second-order valence-electron chi connectivity index (χ2n) is 6.69. The second-order valence-corrected chi connectivity index (χ2v) is 6.69. The van der Waals surface area contributed by atoms with Crippen molar-refractivity contribution in [2.24, 2.45) is 5.41 Å². The normalized spacial score (nSPS) is 25.2. The van der Waals surface area contributed by atoms with Crippen LogP contribution in [0.25, 0.3) is 0 Å². The maximum Gasteiger partial charge on any atom is 0.336 e. The van der Waals surface area contributed by atoms with E-state index in [9.17, 15) is 28.8 Å². The number of carbonyl (C=O) groups is 6. The van der Waals surface area contributed by atoms with Gasteiger partial charge in [0, 0.05) is 33.1 Å². The van der Waals surface area contributed by atoms with Crippen molar-refractivity contribution in [3.63, 3.8) is 0 Å². The molecule has 136 valence electrons. The molecule has 2 aliphatic rings. The molecule has 0 atom stereocenters. The Hall–Kier alpha value is -2.78. The van der Waals surface area contributed by atoms with E-state index in [0.29, 0.717) is 19.6 Å². The van der Waals surface area contributed by atoms with E-state index in [1.165, 1.54) is 0 Å². The molecule has 0 N–H and O–H groups in total. The van der Waals surface area contributed by atoms with Crippen LogP contribution >= 0.6 is 0 Å². The number of nitrogens with zero attached hydrogens (tertiary/aromatic N) is 4. The molecule has 0 unspecified atom stereocenters. The number of hydrogen-bond acceptors (Lipinski definition) is 6. The van der Waals surface area contributed by atoms with Crippen LogP contribution < -0.4 is 0 Å². The predicted octanol–water partition coefficient (Wildman–Crippen LogP) is 0.326. The van der Waals surface area contributed by atoms with Crippen molar-refractivity contribution in [3.8, 4) is 0 Å². The highest BCUT2D eigenvalue weighted by molar-refractivity contribution is 6.08. The topological polar surface area (TPSA) is 115 Å². The highest BCUT2D eigenvalue weighted by Crippen LogP contribution is 2.45. The molecule has 10 heteroatoms. The number of amides is 8. The van der Waals surface area contributed by atoms with Gasteiger partial charge in [0.25, 0.3) is 0 Å². The third-order valence-electron chi connectivity index (χ3n) is 4.49. The van der Waals surface area contributed by atoms with Gasteiger partial charge >= 0.3 is 12.1 Å². The zero-order valence-corrected chi connectivity index (χ0v) is 14.9. The fourth-order valence-corrected chi connectivity index (χ4v) is 3.57. The van der Waals surface area contributed by atoms with Gasteiger partial charge in [-0.1, -0.05) is 13.8 Å². The quantitative estimate of drug-likeness (QED) is 0.620. The van der Waals surface area contributed by atoms with Gasteiger partial charge in [-0.3, -0.25) is 19.2 Å². The van der Waals surface area contributed by atoms with Gasteiger partial charge < -0.3 is 0 Å². The molecule has 0 aliphatic carbocycles. The summed E-state index contributed by atoms with van der Waals surface area (Å²) in [6.07, 6.45) is -2.47. The number of urea groups is 2. The lowest BCUT2D eigenvalue weighted by atomic mass is 9.78. The first-order valence-corrected chi connectivity index (χ1v) is 7.62. The van der Waals surface area contributed by atoms with E-state index in [1.54, 1.807) is 13.8 Å². The van der Waals surface area contributed by atoms with Crippen molar-refractivity contribution in [1.82, 2.24) is 19.6 Å². The van der Waals surface area contributed by atoms with E-state index < -0.39 is 53.4 Å². The summed E-state index contributed by atoms with van der Waals surface area (Å²) in [4.78, 5) is 76.8. The van der Waals surface area contributed by atoms with Crippen LogP contribution in [0.5, 0.6) is 0 Å². The number of imide groups is 4. The summed E-state index contributed by atoms with van der Waals surface area (Å²) in [6.45, 7) is 7.58. The molecule has 0 radical (unpaired) electrons. The fourth-order valence-electron chi connectivity index (χ4n) is 3.57. The molecule has 0 aromatic heterocycles. The summed E-state index contributed by atoms with van der Waals surface area (Å²) < 4.78 is 0. The maximum atomic E-state index is 12.8. The van der Waals surface area contributed by atoms with E-state index in [4.69, 9.17) is 0 Å². The van der Waals surface area contributed by atoms with E-state index >= 15 is 0 Å². The number of rotatable bonds is 0. The summed E-state index contributed by atoms with van der Waals surface area (Å²) in [5.41, 5.74) is -1.16. The van der Waals surface area contributed by atoms with E-state index in [2.05, 4.69) is 0 Å². The molecule has 2 fully saturated rings. The molecule has 2 saturated heterocycles. The summed E-state index contributed by atoms with van der Waals surface area (Å²) in [5.74, 6) is -2.88. The Balaban J connectivity index is 2.83. The standard InChI is InChI=1S/C15H20N4O6/c1-7(20)16-11-15(5,6)12(18(9(3)22)13(16)24)19(10(4)23)14(25)17(11)8(2)21/h11-12H,1-6H3. The molecule has 0 spiro atoms. The Morgan fingerprint density at radius 1 is 0.640 bits per heavy atom. The minimum atomic E-state index is -1.24. The molecule has 2 heterocycles. The van der Waals surface area contributed by atoms with E-state index in [-0.39, 0.29) is 0 Å². The van der Waals surface area contributed by atoms with Crippen molar-refractivity contribution < 1.29 is 28.8 Å². The smallest absolute Gasteiger partial charge is 0.275 e. The molecular weight excluding hydrogens is 332 g/mol. The molecular formula is C15H20N4O6. The Bertz CT molecular complexity index is 609. The molecule has 8 amide bonds. The van der Waals surface area contributed by atoms with Crippen LogP contribution in [-0.2, 0) is 19.2 Å². The Kier molecular flexibility index (Phi) is 4.19. The molecule has 25 heavy (non-hydrogen) atoms. The van der Waals surface area contributed by atoms with Gasteiger partial charge in [-0.05, 0) is 0 Å². The van der Waals surface area contributed by atoms with Crippen LogP contribution in [0.2, 0.25) is 0 Å². The molecule has 10 nitrogen and oxygen atoms in total. The molecule has 2 rings (SSSR count). The minimum Gasteiger partial charge on any atom is -0.275 e. The highest BCUT2D eigenvalue weighted by atomic mass is 16.2. The van der Waals surface area contributed by atoms with Crippen LogP contribution in [-0.4, -0.2) is 67.6 Å². The van der Waals surface area contributed by atoms with Crippen molar-refractivity contribution in [1.29, 1.82) is 0 Å². The first-order valence-electron chi connectivity index (χ1n) is 7.62. The molecule has 0 aromatic carbocycles. The van der Waals surface area contributed by atoms with Gasteiger partial charge in [-0.2, -0.15) is 0 Å². The monoisotopic (exact) mass is 352 g/mol. The minimum absolute atomic E-state index is 0.717. The van der Waals surface area contributed by atoms with E-state index in [1.807, 2.05) is 0 Å². The third kappa shape index (κ3) is 2.39.